The SMILES string of the molecule is C=C1OC=CO1.CC. The van der Waals surface area contributed by atoms with E-state index in [1.807, 2.05) is 13.8 Å². The molecule has 0 aromatic heterocycles. The minimum absolute atomic E-state index is 0.343. The van der Waals surface area contributed by atoms with Crippen LogP contribution in [-0.2, 0) is 9.47 Å². The third kappa shape index (κ3) is 2.29. The summed E-state index contributed by atoms with van der Waals surface area (Å²) in [5, 5.41) is 0. The zero-order valence-corrected chi connectivity index (χ0v) is 5.18. The maximum atomic E-state index is 4.56. The highest BCUT2D eigenvalue weighted by atomic mass is 16.7. The molecule has 46 valence electrons. The maximum absolute atomic E-state index is 4.56. The van der Waals surface area contributed by atoms with Crippen LogP contribution in [0.4, 0.5) is 0 Å². The fraction of sp³-hybridized carbons (Fsp3) is 0.333. The molecule has 0 fully saturated rings. The molecule has 0 amide bonds. The van der Waals surface area contributed by atoms with Crippen molar-refractivity contribution in [3.63, 3.8) is 0 Å². The summed E-state index contributed by atoms with van der Waals surface area (Å²) in [6.45, 7) is 7.35. The van der Waals surface area contributed by atoms with E-state index < -0.39 is 0 Å². The Balaban J connectivity index is 0.000000222. The second-order valence-electron chi connectivity index (χ2n) is 0.880. The average Bonchev–Trinajstić information content (AvgIpc) is 2.24. The zero-order valence-electron chi connectivity index (χ0n) is 5.18. The Bertz CT molecular complexity index is 84.7. The highest BCUT2D eigenvalue weighted by molar-refractivity contribution is 4.84. The number of hydrogen-bond donors (Lipinski definition) is 0. The van der Waals surface area contributed by atoms with Gasteiger partial charge in [0.15, 0.2) is 0 Å². The van der Waals surface area contributed by atoms with E-state index in [0.29, 0.717) is 5.95 Å². The van der Waals surface area contributed by atoms with Gasteiger partial charge in [-0.05, 0) is 6.58 Å². The van der Waals surface area contributed by atoms with Gasteiger partial charge in [-0.2, -0.15) is 0 Å². The minimum Gasteiger partial charge on any atom is -0.431 e. The van der Waals surface area contributed by atoms with Crippen molar-refractivity contribution in [1.29, 1.82) is 0 Å². The van der Waals surface area contributed by atoms with Crippen LogP contribution < -0.4 is 0 Å². The first-order valence-corrected chi connectivity index (χ1v) is 2.57. The molecule has 0 saturated heterocycles. The summed E-state index contributed by atoms with van der Waals surface area (Å²) in [7, 11) is 0. The molecule has 0 atom stereocenters. The van der Waals surface area contributed by atoms with Gasteiger partial charge in [0.2, 0.25) is 0 Å². The van der Waals surface area contributed by atoms with E-state index in [9.17, 15) is 0 Å². The van der Waals surface area contributed by atoms with Gasteiger partial charge in [0, 0.05) is 0 Å². The summed E-state index contributed by atoms with van der Waals surface area (Å²) in [5.41, 5.74) is 0. The van der Waals surface area contributed by atoms with Crippen LogP contribution in [0, 0.1) is 0 Å². The van der Waals surface area contributed by atoms with Crippen molar-refractivity contribution in [3.05, 3.63) is 25.0 Å². The normalized spacial score (nSPS) is 13.5. The van der Waals surface area contributed by atoms with Gasteiger partial charge >= 0.3 is 0 Å². The molecule has 0 radical (unpaired) electrons. The molecule has 0 bridgehead atoms. The Morgan fingerprint density at radius 1 is 1.25 bits per heavy atom. The summed E-state index contributed by atoms with van der Waals surface area (Å²) in [5.74, 6) is 0.343. The lowest BCUT2D eigenvalue weighted by molar-refractivity contribution is 0.204. The Hall–Kier alpha value is -0.920. The second kappa shape index (κ2) is 4.24. The van der Waals surface area contributed by atoms with Crippen molar-refractivity contribution < 1.29 is 9.47 Å². The summed E-state index contributed by atoms with van der Waals surface area (Å²) in [4.78, 5) is 0. The maximum Gasteiger partial charge on any atom is 0.281 e. The first kappa shape index (κ1) is 7.08. The van der Waals surface area contributed by atoms with Gasteiger partial charge in [0.25, 0.3) is 5.95 Å². The van der Waals surface area contributed by atoms with Crippen LogP contribution in [0.3, 0.4) is 0 Å². The van der Waals surface area contributed by atoms with E-state index >= 15 is 0 Å². The molecule has 0 spiro atoms. The molecule has 2 nitrogen and oxygen atoms in total. The fourth-order valence-corrected chi connectivity index (χ4v) is 0.235. The molecule has 1 aliphatic rings. The van der Waals surface area contributed by atoms with Crippen molar-refractivity contribution >= 4 is 0 Å². The quantitative estimate of drug-likeness (QED) is 0.479. The topological polar surface area (TPSA) is 18.5 Å². The van der Waals surface area contributed by atoms with Crippen LogP contribution in [-0.4, -0.2) is 0 Å². The first-order chi connectivity index (χ1) is 3.89. The van der Waals surface area contributed by atoms with Crippen LogP contribution in [0.15, 0.2) is 25.0 Å². The van der Waals surface area contributed by atoms with Crippen LogP contribution >= 0.6 is 0 Å². The fourth-order valence-electron chi connectivity index (χ4n) is 0.235. The molecule has 0 unspecified atom stereocenters. The van der Waals surface area contributed by atoms with Crippen molar-refractivity contribution in [2.24, 2.45) is 0 Å². The molecule has 1 rings (SSSR count). The number of rotatable bonds is 0. The largest absolute Gasteiger partial charge is 0.431 e. The molecule has 1 heterocycles. The summed E-state index contributed by atoms with van der Waals surface area (Å²) in [6, 6.07) is 0. The molecule has 8 heavy (non-hydrogen) atoms. The predicted molar refractivity (Wildman–Crippen MR) is 31.8 cm³/mol. The van der Waals surface area contributed by atoms with Gasteiger partial charge in [-0.1, -0.05) is 13.8 Å². The van der Waals surface area contributed by atoms with Crippen LogP contribution in [0.1, 0.15) is 13.8 Å². The monoisotopic (exact) mass is 114 g/mol. The lowest BCUT2D eigenvalue weighted by Gasteiger charge is -1.87. The van der Waals surface area contributed by atoms with Gasteiger partial charge in [-0.25, -0.2) is 0 Å². The molecular weight excluding hydrogens is 104 g/mol. The van der Waals surface area contributed by atoms with Crippen molar-refractivity contribution in [2.45, 2.75) is 13.8 Å². The molecule has 0 aromatic rings. The van der Waals surface area contributed by atoms with Gasteiger partial charge in [0.1, 0.15) is 12.5 Å². The van der Waals surface area contributed by atoms with E-state index in [1.165, 1.54) is 12.5 Å². The van der Waals surface area contributed by atoms with Gasteiger partial charge < -0.3 is 9.47 Å². The Morgan fingerprint density at radius 3 is 1.75 bits per heavy atom. The summed E-state index contributed by atoms with van der Waals surface area (Å²) < 4.78 is 9.11. The smallest absolute Gasteiger partial charge is 0.281 e. The van der Waals surface area contributed by atoms with Crippen molar-refractivity contribution in [2.75, 3.05) is 0 Å². The molecule has 0 N–H and O–H groups in total. The van der Waals surface area contributed by atoms with E-state index in [-0.39, 0.29) is 0 Å². The van der Waals surface area contributed by atoms with E-state index in [0.717, 1.165) is 0 Å². The Labute approximate surface area is 49.4 Å². The van der Waals surface area contributed by atoms with Gasteiger partial charge in [0.05, 0.1) is 0 Å². The second-order valence-corrected chi connectivity index (χ2v) is 0.880. The molecule has 0 saturated carbocycles. The van der Waals surface area contributed by atoms with Crippen LogP contribution in [0.5, 0.6) is 0 Å². The third-order valence-corrected chi connectivity index (χ3v) is 0.455. The molecule has 1 aliphatic heterocycles. The van der Waals surface area contributed by atoms with Gasteiger partial charge in [-0.15, -0.1) is 0 Å². The first-order valence-electron chi connectivity index (χ1n) is 2.57. The zero-order chi connectivity index (χ0) is 6.41. The lowest BCUT2D eigenvalue weighted by atomic mass is 11.0. The van der Waals surface area contributed by atoms with E-state index in [4.69, 9.17) is 0 Å². The van der Waals surface area contributed by atoms with Gasteiger partial charge in [-0.3, -0.25) is 0 Å². The molecule has 2 heteroatoms. The van der Waals surface area contributed by atoms with Crippen molar-refractivity contribution in [1.82, 2.24) is 0 Å². The Kier molecular flexibility index (Phi) is 3.76. The van der Waals surface area contributed by atoms with Crippen molar-refractivity contribution in [3.8, 4) is 0 Å². The predicted octanol–water partition coefficient (Wildman–Crippen LogP) is 2.00. The average molecular weight is 114 g/mol. The molecule has 0 aliphatic carbocycles. The summed E-state index contributed by atoms with van der Waals surface area (Å²) >= 11 is 0. The third-order valence-electron chi connectivity index (χ3n) is 0.455. The highest BCUT2D eigenvalue weighted by Crippen LogP contribution is 2.03. The van der Waals surface area contributed by atoms with Crippen LogP contribution in [0.25, 0.3) is 0 Å². The highest BCUT2D eigenvalue weighted by Gasteiger charge is 1.93. The van der Waals surface area contributed by atoms with Crippen LogP contribution in [0.2, 0.25) is 0 Å². The standard InChI is InChI=1S/C4H4O2.C2H6/c1-4-5-2-3-6-4;1-2/h2-3H,1H2;1-2H3. The number of ether oxygens (including phenoxy) is 2. The molecular formula is C6H10O2. The number of hydrogen-bond acceptors (Lipinski definition) is 2. The Morgan fingerprint density at radius 2 is 1.62 bits per heavy atom. The van der Waals surface area contributed by atoms with E-state index in [2.05, 4.69) is 16.1 Å². The lowest BCUT2D eigenvalue weighted by Crippen LogP contribution is -1.71. The van der Waals surface area contributed by atoms with E-state index in [1.54, 1.807) is 0 Å². The summed E-state index contributed by atoms with van der Waals surface area (Å²) in [6.07, 6.45) is 2.87. The molecule has 0 aromatic carbocycles. The minimum atomic E-state index is 0.343.